The summed E-state index contributed by atoms with van der Waals surface area (Å²) < 4.78 is 32.6. The summed E-state index contributed by atoms with van der Waals surface area (Å²) in [5, 5.41) is 3.39. The van der Waals surface area contributed by atoms with E-state index in [1.54, 1.807) is 7.11 Å². The molecule has 0 aromatic heterocycles. The maximum Gasteiger partial charge on any atom is 0.243 e. The number of amides is 1. The van der Waals surface area contributed by atoms with Gasteiger partial charge in [-0.3, -0.25) is 4.79 Å². The average Bonchev–Trinajstić information content (AvgIpc) is 3.19. The second-order valence-corrected chi connectivity index (χ2v) is 9.03. The fraction of sp³-hybridized carbons (Fsp3) is 0.350. The highest BCUT2D eigenvalue weighted by Crippen LogP contribution is 2.29. The Labute approximate surface area is 170 Å². The number of carbonyl (C=O) groups excluding carboxylic acids is 1. The molecule has 0 radical (unpaired) electrons. The molecule has 2 aromatic rings. The topological polar surface area (TPSA) is 75.7 Å². The normalized spacial score (nSPS) is 18.6. The van der Waals surface area contributed by atoms with Gasteiger partial charge in [-0.15, -0.1) is 0 Å². The van der Waals surface area contributed by atoms with E-state index >= 15 is 0 Å². The van der Waals surface area contributed by atoms with Gasteiger partial charge in [0.05, 0.1) is 18.0 Å². The predicted octanol–water partition coefficient (Wildman–Crippen LogP) is 3.38. The fourth-order valence-corrected chi connectivity index (χ4v) is 5.23. The summed E-state index contributed by atoms with van der Waals surface area (Å²) in [5.74, 6) is 0.362. The van der Waals surface area contributed by atoms with Crippen molar-refractivity contribution in [1.29, 1.82) is 0 Å². The highest BCUT2D eigenvalue weighted by Gasteiger charge is 2.39. The third kappa shape index (κ3) is 4.16. The molecule has 0 saturated carbocycles. The van der Waals surface area contributed by atoms with Crippen molar-refractivity contribution >= 4 is 27.5 Å². The van der Waals surface area contributed by atoms with Crippen LogP contribution in [0.25, 0.3) is 0 Å². The Balaban J connectivity index is 1.78. The summed E-state index contributed by atoms with van der Waals surface area (Å²) in [6, 6.07) is 12.4. The number of hydrogen-bond acceptors (Lipinski definition) is 4. The van der Waals surface area contributed by atoms with Gasteiger partial charge in [0.25, 0.3) is 0 Å². The maximum atomic E-state index is 13.0. The molecule has 1 saturated heterocycles. The van der Waals surface area contributed by atoms with Crippen LogP contribution in [-0.2, 0) is 14.8 Å². The second-order valence-electron chi connectivity index (χ2n) is 6.70. The molecule has 2 atom stereocenters. The van der Waals surface area contributed by atoms with Crippen molar-refractivity contribution in [1.82, 2.24) is 9.62 Å². The first-order valence-corrected chi connectivity index (χ1v) is 10.9. The van der Waals surface area contributed by atoms with Crippen LogP contribution in [0.1, 0.15) is 31.4 Å². The van der Waals surface area contributed by atoms with Crippen LogP contribution in [0, 0.1) is 0 Å². The van der Waals surface area contributed by atoms with Gasteiger partial charge in [-0.1, -0.05) is 29.8 Å². The molecular formula is C20H23ClN2O4S. The van der Waals surface area contributed by atoms with Crippen LogP contribution < -0.4 is 10.1 Å². The lowest BCUT2D eigenvalue weighted by Gasteiger charge is -2.25. The Hall–Kier alpha value is -2.09. The number of para-hydroxylation sites is 1. The van der Waals surface area contributed by atoms with Gasteiger partial charge < -0.3 is 10.1 Å². The van der Waals surface area contributed by atoms with Crippen molar-refractivity contribution in [3.8, 4) is 5.75 Å². The molecule has 1 heterocycles. The summed E-state index contributed by atoms with van der Waals surface area (Å²) in [4.78, 5) is 13.0. The standard InChI is InChI=1S/C20H23ClN2O4S/c1-14(17-6-3-4-8-19(17)27-2)22-20(24)18-7-5-13-23(18)28(25,26)16-11-9-15(21)10-12-16/h3-4,6,8-12,14,18H,5,7,13H2,1-2H3,(H,22,24)/t14-,18-/m0/s1. The summed E-state index contributed by atoms with van der Waals surface area (Å²) in [6.45, 7) is 2.16. The highest BCUT2D eigenvalue weighted by molar-refractivity contribution is 7.89. The number of benzene rings is 2. The number of nitrogens with one attached hydrogen (secondary N) is 1. The van der Waals surface area contributed by atoms with Crippen molar-refractivity contribution in [2.45, 2.75) is 36.7 Å². The maximum absolute atomic E-state index is 13.0. The van der Waals surface area contributed by atoms with Gasteiger partial charge in [0, 0.05) is 17.1 Å². The number of carbonyl (C=O) groups is 1. The average molecular weight is 423 g/mol. The van der Waals surface area contributed by atoms with Crippen molar-refractivity contribution in [3.63, 3.8) is 0 Å². The molecule has 1 N–H and O–H groups in total. The zero-order valence-electron chi connectivity index (χ0n) is 15.8. The van der Waals surface area contributed by atoms with Crippen LogP contribution in [-0.4, -0.2) is 38.3 Å². The van der Waals surface area contributed by atoms with Gasteiger partial charge in [-0.2, -0.15) is 4.31 Å². The summed E-state index contributed by atoms with van der Waals surface area (Å²) in [7, 11) is -2.20. The van der Waals surface area contributed by atoms with Gasteiger partial charge in [0.1, 0.15) is 11.8 Å². The summed E-state index contributed by atoms with van der Waals surface area (Å²) in [5.41, 5.74) is 0.837. The first-order chi connectivity index (χ1) is 13.3. The van der Waals surface area contributed by atoms with E-state index in [1.165, 1.54) is 28.6 Å². The van der Waals surface area contributed by atoms with Gasteiger partial charge in [0.2, 0.25) is 15.9 Å². The van der Waals surface area contributed by atoms with Crippen LogP contribution in [0.4, 0.5) is 0 Å². The lowest BCUT2D eigenvalue weighted by atomic mass is 10.1. The number of nitrogens with zero attached hydrogens (tertiary/aromatic N) is 1. The van der Waals surface area contributed by atoms with E-state index in [-0.39, 0.29) is 16.8 Å². The Kier molecular flexibility index (Phi) is 6.27. The third-order valence-electron chi connectivity index (χ3n) is 4.89. The molecule has 6 nitrogen and oxygen atoms in total. The molecule has 0 aliphatic carbocycles. The van der Waals surface area contributed by atoms with E-state index < -0.39 is 16.1 Å². The molecule has 0 bridgehead atoms. The Bertz CT molecular complexity index is 947. The van der Waals surface area contributed by atoms with E-state index in [1.807, 2.05) is 31.2 Å². The van der Waals surface area contributed by atoms with Gasteiger partial charge in [-0.25, -0.2) is 8.42 Å². The number of ether oxygens (including phenoxy) is 1. The Morgan fingerprint density at radius 2 is 1.89 bits per heavy atom. The Morgan fingerprint density at radius 1 is 1.21 bits per heavy atom. The first kappa shape index (κ1) is 20.6. The molecule has 1 aliphatic heterocycles. The van der Waals surface area contributed by atoms with Crippen molar-refractivity contribution in [3.05, 3.63) is 59.1 Å². The third-order valence-corrected chi connectivity index (χ3v) is 7.07. The van der Waals surface area contributed by atoms with Crippen LogP contribution in [0.2, 0.25) is 5.02 Å². The predicted molar refractivity (Wildman–Crippen MR) is 108 cm³/mol. The molecule has 1 amide bonds. The zero-order valence-corrected chi connectivity index (χ0v) is 17.3. The lowest BCUT2D eigenvalue weighted by Crippen LogP contribution is -2.46. The SMILES string of the molecule is COc1ccccc1[C@H](C)NC(=O)[C@@H]1CCCN1S(=O)(=O)c1ccc(Cl)cc1. The molecule has 8 heteroatoms. The number of halogens is 1. The minimum Gasteiger partial charge on any atom is -0.496 e. The molecule has 3 rings (SSSR count). The van der Waals surface area contributed by atoms with Crippen molar-refractivity contribution in [2.75, 3.05) is 13.7 Å². The molecular weight excluding hydrogens is 400 g/mol. The molecule has 150 valence electrons. The van der Waals surface area contributed by atoms with Crippen LogP contribution >= 0.6 is 11.6 Å². The quantitative estimate of drug-likeness (QED) is 0.774. The minimum absolute atomic E-state index is 0.134. The van der Waals surface area contributed by atoms with Gasteiger partial charge >= 0.3 is 0 Å². The van der Waals surface area contributed by atoms with Crippen LogP contribution in [0.15, 0.2) is 53.4 Å². The fourth-order valence-electron chi connectivity index (χ4n) is 3.44. The number of sulfonamides is 1. The highest BCUT2D eigenvalue weighted by atomic mass is 35.5. The van der Waals surface area contributed by atoms with E-state index in [2.05, 4.69) is 5.32 Å². The monoisotopic (exact) mass is 422 g/mol. The second kappa shape index (κ2) is 8.51. The van der Waals surface area contributed by atoms with E-state index in [4.69, 9.17) is 16.3 Å². The largest absolute Gasteiger partial charge is 0.496 e. The number of rotatable bonds is 6. The van der Waals surface area contributed by atoms with E-state index in [9.17, 15) is 13.2 Å². The lowest BCUT2D eigenvalue weighted by molar-refractivity contribution is -0.124. The van der Waals surface area contributed by atoms with E-state index in [0.29, 0.717) is 30.2 Å². The van der Waals surface area contributed by atoms with Crippen LogP contribution in [0.3, 0.4) is 0 Å². The summed E-state index contributed by atoms with van der Waals surface area (Å²) >= 11 is 5.86. The first-order valence-electron chi connectivity index (χ1n) is 9.05. The van der Waals surface area contributed by atoms with Gasteiger partial charge in [0.15, 0.2) is 0 Å². The van der Waals surface area contributed by atoms with Crippen LogP contribution in [0.5, 0.6) is 5.75 Å². The zero-order chi connectivity index (χ0) is 20.3. The smallest absolute Gasteiger partial charge is 0.243 e. The Morgan fingerprint density at radius 3 is 2.57 bits per heavy atom. The molecule has 2 aromatic carbocycles. The van der Waals surface area contributed by atoms with E-state index in [0.717, 1.165) is 5.56 Å². The molecule has 0 spiro atoms. The molecule has 0 unspecified atom stereocenters. The molecule has 1 aliphatic rings. The molecule has 28 heavy (non-hydrogen) atoms. The minimum atomic E-state index is -3.77. The van der Waals surface area contributed by atoms with Crippen molar-refractivity contribution in [2.24, 2.45) is 0 Å². The number of hydrogen-bond donors (Lipinski definition) is 1. The molecule has 1 fully saturated rings. The summed E-state index contributed by atoms with van der Waals surface area (Å²) in [6.07, 6.45) is 1.12. The number of methoxy groups -OCH3 is 1. The van der Waals surface area contributed by atoms with Crippen molar-refractivity contribution < 1.29 is 17.9 Å². The van der Waals surface area contributed by atoms with Gasteiger partial charge in [-0.05, 0) is 50.1 Å².